The van der Waals surface area contributed by atoms with Crippen molar-refractivity contribution in [3.05, 3.63) is 110 Å². The van der Waals surface area contributed by atoms with Gasteiger partial charge >= 0.3 is 6.16 Å². The normalized spacial score (nSPS) is 11.7. The van der Waals surface area contributed by atoms with Crippen LogP contribution in [0.5, 0.6) is 0 Å². The van der Waals surface area contributed by atoms with Crippen LogP contribution in [0.15, 0.2) is 43.1 Å². The number of anilines is 4. The topological polar surface area (TPSA) is 238 Å². The number of ether oxygens (including phenoxy) is 2. The van der Waals surface area contributed by atoms with Crippen LogP contribution in [0.25, 0.3) is 0 Å². The van der Waals surface area contributed by atoms with Crippen molar-refractivity contribution in [1.82, 2.24) is 10.3 Å². The highest BCUT2D eigenvalue weighted by atomic mass is 35.5. The number of nitrogens with zero attached hydrogens (tertiary/aromatic N) is 2. The number of aromatic nitrogens is 2. The van der Waals surface area contributed by atoms with Gasteiger partial charge in [-0.2, -0.15) is 0 Å². The molecule has 4 aromatic heterocycles. The number of hydrogen-bond acceptors (Lipinski definition) is 15. The van der Waals surface area contributed by atoms with Gasteiger partial charge in [-0.1, -0.05) is 45.6 Å². The summed E-state index contributed by atoms with van der Waals surface area (Å²) in [5.41, 5.74) is 6.55. The lowest BCUT2D eigenvalue weighted by molar-refractivity contribution is 0.0442. The molecule has 4 heterocycles. The molecule has 23 heteroatoms. The minimum absolute atomic E-state index is 0.0140. The fraction of sp³-hybridized carbons (Fsp3) is 0.293. The zero-order valence-electron chi connectivity index (χ0n) is 36.0. The number of halogens is 2. The number of amides is 2. The minimum Gasteiger partial charge on any atom is -0.429 e. The molecule has 4 N–H and O–H groups in total. The van der Waals surface area contributed by atoms with E-state index >= 15 is 0 Å². The first kappa shape index (κ1) is 48.0. The highest BCUT2D eigenvalue weighted by molar-refractivity contribution is 7.93. The van der Waals surface area contributed by atoms with E-state index in [0.29, 0.717) is 54.5 Å². The van der Waals surface area contributed by atoms with Crippen LogP contribution in [-0.4, -0.2) is 45.1 Å². The molecule has 17 nitrogen and oxygen atoms in total. The van der Waals surface area contributed by atoms with Crippen molar-refractivity contribution in [3.8, 4) is 0 Å². The molecule has 6 rings (SSSR count). The summed E-state index contributed by atoms with van der Waals surface area (Å²) < 4.78 is 79.3. The Morgan fingerprint density at radius 1 is 0.594 bits per heavy atom. The Hall–Kier alpha value is -5.45. The summed E-state index contributed by atoms with van der Waals surface area (Å²) in [6, 6.07) is 6.33. The van der Waals surface area contributed by atoms with E-state index in [0.717, 1.165) is 33.8 Å². The summed E-state index contributed by atoms with van der Waals surface area (Å²) in [5, 5.41) is 13.0. The Bertz CT molecular complexity index is 2890. The maximum absolute atomic E-state index is 13.7. The molecule has 0 fully saturated rings. The average Bonchev–Trinajstić information content (AvgIpc) is 3.98. The third-order valence-electron chi connectivity index (χ3n) is 10.1. The third kappa shape index (κ3) is 9.93. The third-order valence-corrected chi connectivity index (χ3v) is 16.0. The average molecular weight is 994 g/mol. The van der Waals surface area contributed by atoms with Crippen LogP contribution in [-0.2, 0) is 42.7 Å². The van der Waals surface area contributed by atoms with Gasteiger partial charge in [0.2, 0.25) is 0 Å². The minimum atomic E-state index is -4.33. The first-order chi connectivity index (χ1) is 29.9. The predicted molar refractivity (Wildman–Crippen MR) is 244 cm³/mol. The van der Waals surface area contributed by atoms with Gasteiger partial charge in [0.1, 0.15) is 54.2 Å². The quantitative estimate of drug-likeness (QED) is 0.0744. The number of rotatable bonds is 14. The van der Waals surface area contributed by atoms with Gasteiger partial charge in [0.25, 0.3) is 43.6 Å². The van der Waals surface area contributed by atoms with Crippen LogP contribution in [0.1, 0.15) is 85.0 Å². The Balaban J connectivity index is 1.14. The molecular weight excluding hydrogens is 952 g/mol. The number of sulfonamides is 2. The molecule has 6 aromatic rings. The van der Waals surface area contributed by atoms with Crippen LogP contribution in [0.4, 0.5) is 27.9 Å². The lowest BCUT2D eigenvalue weighted by Crippen LogP contribution is -2.20. The van der Waals surface area contributed by atoms with E-state index in [2.05, 4.69) is 30.4 Å². The summed E-state index contributed by atoms with van der Waals surface area (Å²) in [6.45, 7) is 16.6. The van der Waals surface area contributed by atoms with Crippen molar-refractivity contribution < 1.29 is 49.7 Å². The van der Waals surface area contributed by atoms with E-state index in [1.807, 2.05) is 13.8 Å². The number of nitrogens with one attached hydrogen (secondary N) is 4. The molecule has 0 atom stereocenters. The van der Waals surface area contributed by atoms with Crippen molar-refractivity contribution in [2.24, 2.45) is 0 Å². The molecule has 0 unspecified atom stereocenters. The summed E-state index contributed by atoms with van der Waals surface area (Å²) in [7, 11) is -8.66. The molecule has 0 radical (unpaired) electrons. The summed E-state index contributed by atoms with van der Waals surface area (Å²) in [5.74, 6) is -1.93. The molecule has 64 heavy (non-hydrogen) atoms. The predicted octanol–water partition coefficient (Wildman–Crippen LogP) is 10.1. The highest BCUT2D eigenvalue weighted by Gasteiger charge is 2.31. The summed E-state index contributed by atoms with van der Waals surface area (Å²) >= 11 is 14.2. The molecule has 340 valence electrons. The van der Waals surface area contributed by atoms with Gasteiger partial charge < -0.3 is 29.2 Å². The fourth-order valence-corrected chi connectivity index (χ4v) is 12.2. The Labute approximate surface area is 386 Å². The zero-order chi connectivity index (χ0) is 47.2. The van der Waals surface area contributed by atoms with E-state index in [9.17, 15) is 31.2 Å². The van der Waals surface area contributed by atoms with Gasteiger partial charge in [0.15, 0.2) is 0 Å². The van der Waals surface area contributed by atoms with Crippen molar-refractivity contribution in [3.63, 3.8) is 0 Å². The Morgan fingerprint density at radius 2 is 0.953 bits per heavy atom. The van der Waals surface area contributed by atoms with Crippen molar-refractivity contribution >= 4 is 107 Å². The largest absolute Gasteiger partial charge is 0.508 e. The molecular formula is C41H42Cl2N6O11S4. The van der Waals surface area contributed by atoms with Gasteiger partial charge in [-0.3, -0.25) is 9.59 Å². The Kier molecular flexibility index (Phi) is 13.9. The van der Waals surface area contributed by atoms with E-state index in [1.165, 1.54) is 12.1 Å². The second-order valence-electron chi connectivity index (χ2n) is 14.8. The van der Waals surface area contributed by atoms with Crippen LogP contribution in [0, 0.1) is 69.2 Å². The number of carbonyl (C=O) groups excluding carboxylic acids is 3. The van der Waals surface area contributed by atoms with Crippen molar-refractivity contribution in [1.29, 1.82) is 0 Å². The lowest BCUT2D eigenvalue weighted by Gasteiger charge is -2.19. The molecule has 2 aromatic carbocycles. The lowest BCUT2D eigenvalue weighted by atomic mass is 9.97. The van der Waals surface area contributed by atoms with E-state index < -0.39 is 38.0 Å². The van der Waals surface area contributed by atoms with Crippen LogP contribution < -0.4 is 20.1 Å². The van der Waals surface area contributed by atoms with Crippen molar-refractivity contribution in [2.75, 3.05) is 20.1 Å². The van der Waals surface area contributed by atoms with Gasteiger partial charge in [-0.15, -0.1) is 22.7 Å². The first-order valence-electron chi connectivity index (χ1n) is 19.0. The maximum atomic E-state index is 13.7. The second-order valence-corrected chi connectivity index (χ2v) is 21.4. The van der Waals surface area contributed by atoms with E-state index in [1.54, 1.807) is 67.5 Å². The van der Waals surface area contributed by atoms with Crippen LogP contribution >= 0.6 is 45.9 Å². The van der Waals surface area contributed by atoms with Gasteiger partial charge in [-0.05, 0) is 126 Å². The van der Waals surface area contributed by atoms with Crippen LogP contribution in [0.3, 0.4) is 0 Å². The highest BCUT2D eigenvalue weighted by Crippen LogP contribution is 2.36. The summed E-state index contributed by atoms with van der Waals surface area (Å²) in [6.07, 6.45) is -0.994. The molecule has 0 bridgehead atoms. The number of aryl methyl sites for hydroxylation is 8. The number of carbonyl (C=O) groups is 3. The Morgan fingerprint density at radius 3 is 1.28 bits per heavy atom. The summed E-state index contributed by atoms with van der Waals surface area (Å²) in [4.78, 5) is 41.0. The molecule has 2 amide bonds. The molecule has 0 spiro atoms. The monoisotopic (exact) mass is 992 g/mol. The van der Waals surface area contributed by atoms with E-state index in [-0.39, 0.29) is 66.0 Å². The van der Waals surface area contributed by atoms with Gasteiger partial charge in [0, 0.05) is 21.1 Å². The molecule has 0 aliphatic heterocycles. The van der Waals surface area contributed by atoms with Crippen molar-refractivity contribution in [2.45, 2.75) is 92.2 Å². The van der Waals surface area contributed by atoms with Crippen LogP contribution in [0.2, 0.25) is 10.0 Å². The van der Waals surface area contributed by atoms with E-state index in [4.69, 9.17) is 41.7 Å². The molecule has 0 aliphatic carbocycles. The SMILES string of the molecule is Cc1cc(S(=O)(=O)Nc2onc(C)c2Cl)c(C(=O)Nc2c(C)cc(C)c(COC(=O)OCc3c(C)cc(C)c(NC(=O)c4sc(C)cc4S(=O)(=O)Nc4onc(C)c4Cl)c3C)c2C)s1. The number of thiophene rings is 2. The number of hydrogen-bond donors (Lipinski definition) is 4. The second kappa shape index (κ2) is 18.6. The molecule has 0 saturated carbocycles. The van der Waals surface area contributed by atoms with Gasteiger partial charge in [-0.25, -0.2) is 31.1 Å². The smallest absolute Gasteiger partial charge is 0.429 e. The fourth-order valence-electron chi connectivity index (χ4n) is 6.82. The standard InChI is InChI=1S/C41H42Cl2N6O11S4/c1-17-11-19(3)33(44-37(50)35-29(13-21(5)61-35)63(53,54)48-39-31(42)25(9)46-59-39)23(7)27(17)15-57-41(52)58-16-28-18(2)12-20(4)34(24(28)8)45-38(51)36-30(14-22(6)62-36)64(55,56)49-40-32(43)26(10)47-60-40/h11-14,48-49H,15-16H2,1-10H3,(H,44,50)(H,45,51). The zero-order valence-corrected chi connectivity index (χ0v) is 40.8. The number of benzene rings is 2. The van der Waals surface area contributed by atoms with Gasteiger partial charge in [0.05, 0.1) is 0 Å². The first-order valence-corrected chi connectivity index (χ1v) is 24.4. The maximum Gasteiger partial charge on any atom is 0.508 e. The molecule has 0 saturated heterocycles. The molecule has 0 aliphatic rings.